The van der Waals surface area contributed by atoms with Crippen molar-refractivity contribution in [1.29, 1.82) is 0 Å². The van der Waals surface area contributed by atoms with Crippen LogP contribution >= 0.6 is 0 Å². The van der Waals surface area contributed by atoms with Gasteiger partial charge in [-0.1, -0.05) is 58.0 Å². The number of aromatic hydroxyl groups is 1. The quantitative estimate of drug-likeness (QED) is 0.849. The fourth-order valence-corrected chi connectivity index (χ4v) is 2.97. The average Bonchev–Trinajstić information content (AvgIpc) is 2.40. The van der Waals surface area contributed by atoms with Crippen LogP contribution in [0, 0.1) is 11.8 Å². The van der Waals surface area contributed by atoms with Gasteiger partial charge in [0.05, 0.1) is 0 Å². The van der Waals surface area contributed by atoms with Gasteiger partial charge in [0.2, 0.25) is 0 Å². The fraction of sp³-hybridized carbons (Fsp3) is 0.444. The van der Waals surface area contributed by atoms with Crippen LogP contribution in [0.2, 0.25) is 0 Å². The summed E-state index contributed by atoms with van der Waals surface area (Å²) in [5.41, 5.74) is 0.995. The Hall–Kier alpha value is -1.54. The zero-order chi connectivity index (χ0) is 14.7. The number of phenols is 1. The monoisotopic (exact) mass is 271 g/mol. The molecular weight excluding hydrogens is 246 g/mol. The summed E-state index contributed by atoms with van der Waals surface area (Å²) in [4.78, 5) is 0. The third-order valence-corrected chi connectivity index (χ3v) is 3.97. The number of fused-ring (bicyclic) bond motifs is 1. The first-order chi connectivity index (χ1) is 9.50. The lowest BCUT2D eigenvalue weighted by atomic mass is 9.92. The van der Waals surface area contributed by atoms with E-state index in [0.717, 1.165) is 10.9 Å². The summed E-state index contributed by atoms with van der Waals surface area (Å²) in [5, 5.41) is 16.1. The zero-order valence-electron chi connectivity index (χ0n) is 12.9. The smallest absolute Gasteiger partial charge is 0.120 e. The molecular formula is C18H25NO. The Bertz CT molecular complexity index is 567. The lowest BCUT2D eigenvalue weighted by Gasteiger charge is -2.26. The Morgan fingerprint density at radius 1 is 0.950 bits per heavy atom. The van der Waals surface area contributed by atoms with Crippen molar-refractivity contribution in [2.75, 3.05) is 0 Å². The van der Waals surface area contributed by atoms with E-state index in [2.05, 4.69) is 45.1 Å². The molecule has 2 aromatic rings. The van der Waals surface area contributed by atoms with Gasteiger partial charge in [-0.05, 0) is 28.7 Å². The van der Waals surface area contributed by atoms with E-state index in [1.54, 1.807) is 6.07 Å². The first kappa shape index (κ1) is 14.9. The molecule has 0 aromatic heterocycles. The predicted molar refractivity (Wildman–Crippen MR) is 85.9 cm³/mol. The molecule has 2 nitrogen and oxygen atoms in total. The van der Waals surface area contributed by atoms with Gasteiger partial charge in [-0.15, -0.1) is 0 Å². The van der Waals surface area contributed by atoms with Crippen LogP contribution < -0.4 is 5.32 Å². The Labute approximate surface area is 121 Å². The van der Waals surface area contributed by atoms with Crippen molar-refractivity contribution in [2.24, 2.45) is 11.8 Å². The van der Waals surface area contributed by atoms with Crippen molar-refractivity contribution < 1.29 is 5.11 Å². The molecule has 0 fully saturated rings. The highest BCUT2D eigenvalue weighted by atomic mass is 16.3. The van der Waals surface area contributed by atoms with Gasteiger partial charge in [-0.2, -0.15) is 0 Å². The summed E-state index contributed by atoms with van der Waals surface area (Å²) in [6.07, 6.45) is 0. The number of nitrogens with one attached hydrogen (secondary N) is 1. The van der Waals surface area contributed by atoms with E-state index in [0.29, 0.717) is 30.2 Å². The first-order valence-electron chi connectivity index (χ1n) is 7.43. The van der Waals surface area contributed by atoms with E-state index in [1.807, 2.05) is 18.2 Å². The summed E-state index contributed by atoms with van der Waals surface area (Å²) >= 11 is 0. The Morgan fingerprint density at radius 2 is 1.60 bits per heavy atom. The maximum atomic E-state index is 10.2. The van der Waals surface area contributed by atoms with Gasteiger partial charge >= 0.3 is 0 Å². The highest BCUT2D eigenvalue weighted by Gasteiger charge is 2.17. The molecule has 2 rings (SSSR count). The number of benzene rings is 2. The molecule has 2 heteroatoms. The number of phenolic OH excluding ortho intramolecular Hbond substituents is 1. The molecule has 0 atom stereocenters. The van der Waals surface area contributed by atoms with E-state index >= 15 is 0 Å². The first-order valence-corrected chi connectivity index (χ1v) is 7.43. The van der Waals surface area contributed by atoms with Crippen molar-refractivity contribution in [3.63, 3.8) is 0 Å². The van der Waals surface area contributed by atoms with Gasteiger partial charge < -0.3 is 10.4 Å². The van der Waals surface area contributed by atoms with Crippen LogP contribution in [-0.2, 0) is 6.54 Å². The van der Waals surface area contributed by atoms with E-state index in [1.165, 1.54) is 5.39 Å². The molecule has 0 unspecified atom stereocenters. The molecule has 0 radical (unpaired) electrons. The molecule has 0 aliphatic rings. The summed E-state index contributed by atoms with van der Waals surface area (Å²) in [6.45, 7) is 9.65. The third-order valence-electron chi connectivity index (χ3n) is 3.97. The van der Waals surface area contributed by atoms with Gasteiger partial charge in [0, 0.05) is 18.2 Å². The molecule has 20 heavy (non-hydrogen) atoms. The molecule has 2 aromatic carbocycles. The molecule has 108 valence electrons. The summed E-state index contributed by atoms with van der Waals surface area (Å²) in [7, 11) is 0. The molecule has 0 heterocycles. The van der Waals surface area contributed by atoms with Crippen molar-refractivity contribution in [3.05, 3.63) is 42.0 Å². The fourth-order valence-electron chi connectivity index (χ4n) is 2.97. The molecule has 0 bridgehead atoms. The SMILES string of the molecule is CC(C)C(NCc1c(O)ccc2ccccc12)C(C)C. The number of hydrogen-bond donors (Lipinski definition) is 2. The van der Waals surface area contributed by atoms with E-state index in [-0.39, 0.29) is 0 Å². The maximum absolute atomic E-state index is 10.2. The average molecular weight is 271 g/mol. The highest BCUT2D eigenvalue weighted by Crippen LogP contribution is 2.27. The van der Waals surface area contributed by atoms with E-state index in [4.69, 9.17) is 0 Å². The largest absolute Gasteiger partial charge is 0.508 e. The predicted octanol–water partition coefficient (Wildman–Crippen LogP) is 4.32. The van der Waals surface area contributed by atoms with E-state index in [9.17, 15) is 5.11 Å². The second kappa shape index (κ2) is 6.27. The molecule has 2 N–H and O–H groups in total. The lowest BCUT2D eigenvalue weighted by Crippen LogP contribution is -2.37. The van der Waals surface area contributed by atoms with Crippen LogP contribution in [-0.4, -0.2) is 11.1 Å². The lowest BCUT2D eigenvalue weighted by molar-refractivity contribution is 0.311. The van der Waals surface area contributed by atoms with Crippen molar-refractivity contribution in [3.8, 4) is 5.75 Å². The van der Waals surface area contributed by atoms with Crippen molar-refractivity contribution in [1.82, 2.24) is 5.32 Å². The summed E-state index contributed by atoms with van der Waals surface area (Å²) < 4.78 is 0. The van der Waals surface area contributed by atoms with Gasteiger partial charge in [0.15, 0.2) is 0 Å². The Kier molecular flexibility index (Phi) is 4.66. The molecule has 0 aliphatic carbocycles. The Balaban J connectivity index is 2.27. The molecule has 0 saturated heterocycles. The van der Waals surface area contributed by atoms with Gasteiger partial charge in [-0.25, -0.2) is 0 Å². The minimum absolute atomic E-state index is 0.377. The maximum Gasteiger partial charge on any atom is 0.120 e. The van der Waals surface area contributed by atoms with Crippen LogP contribution in [0.1, 0.15) is 33.3 Å². The van der Waals surface area contributed by atoms with Gasteiger partial charge in [0.25, 0.3) is 0 Å². The van der Waals surface area contributed by atoms with Crippen LogP contribution in [0.15, 0.2) is 36.4 Å². The van der Waals surface area contributed by atoms with Crippen LogP contribution in [0.4, 0.5) is 0 Å². The van der Waals surface area contributed by atoms with Gasteiger partial charge in [0.1, 0.15) is 5.75 Å². The normalized spacial score (nSPS) is 11.9. The zero-order valence-corrected chi connectivity index (χ0v) is 12.9. The molecule has 0 amide bonds. The topological polar surface area (TPSA) is 32.3 Å². The minimum Gasteiger partial charge on any atom is -0.508 e. The standard InChI is InChI=1S/C18H25NO/c1-12(2)18(13(3)4)19-11-16-15-8-6-5-7-14(15)9-10-17(16)20/h5-10,12-13,18-20H,11H2,1-4H3. The van der Waals surface area contributed by atoms with Crippen molar-refractivity contribution in [2.45, 2.75) is 40.3 Å². The molecule has 0 saturated carbocycles. The van der Waals surface area contributed by atoms with Crippen LogP contribution in [0.25, 0.3) is 10.8 Å². The highest BCUT2D eigenvalue weighted by molar-refractivity contribution is 5.87. The number of rotatable bonds is 5. The molecule has 0 spiro atoms. The second-order valence-electron chi connectivity index (χ2n) is 6.18. The Morgan fingerprint density at radius 3 is 2.25 bits per heavy atom. The van der Waals surface area contributed by atoms with Crippen LogP contribution in [0.3, 0.4) is 0 Å². The summed E-state index contributed by atoms with van der Waals surface area (Å²) in [5.74, 6) is 1.53. The summed E-state index contributed by atoms with van der Waals surface area (Å²) in [6, 6.07) is 12.4. The third kappa shape index (κ3) is 3.13. The number of hydrogen-bond acceptors (Lipinski definition) is 2. The van der Waals surface area contributed by atoms with Crippen LogP contribution in [0.5, 0.6) is 5.75 Å². The van der Waals surface area contributed by atoms with Crippen molar-refractivity contribution >= 4 is 10.8 Å². The second-order valence-corrected chi connectivity index (χ2v) is 6.18. The van der Waals surface area contributed by atoms with E-state index < -0.39 is 0 Å². The molecule has 0 aliphatic heterocycles. The van der Waals surface area contributed by atoms with Gasteiger partial charge in [-0.3, -0.25) is 0 Å². The minimum atomic E-state index is 0.377.